The molecule has 0 bridgehead atoms. The number of unbranched alkanes of at least 4 members (excludes halogenated alkanes) is 42. The average Bonchev–Trinajstić information content (AvgIpc) is 3.29. The van der Waals surface area contributed by atoms with Crippen LogP contribution < -0.4 is 10.2 Å². The fourth-order valence-electron chi connectivity index (χ4n) is 8.24. The molecule has 0 aliphatic heterocycles. The molecular formula is C57H112MgO8. The van der Waals surface area contributed by atoms with Crippen molar-refractivity contribution in [3.05, 3.63) is 0 Å². The van der Waals surface area contributed by atoms with Crippen LogP contribution in [0.15, 0.2) is 0 Å². The van der Waals surface area contributed by atoms with Gasteiger partial charge in [0.1, 0.15) is 12.7 Å². The monoisotopic (exact) mass is 949 g/mol. The number of esters is 1. The van der Waals surface area contributed by atoms with E-state index in [0.717, 1.165) is 38.5 Å². The van der Waals surface area contributed by atoms with Gasteiger partial charge in [-0.2, -0.15) is 0 Å². The Labute approximate surface area is 426 Å². The molecule has 0 aliphatic carbocycles. The number of aliphatic hydroxyl groups is 2. The predicted octanol–water partition coefficient (Wildman–Crippen LogP) is 14.8. The smallest absolute Gasteiger partial charge is 0.550 e. The minimum atomic E-state index is -0.954. The van der Waals surface area contributed by atoms with Crippen molar-refractivity contribution in [2.24, 2.45) is 0 Å². The van der Waals surface area contributed by atoms with Crippen LogP contribution in [0.5, 0.6) is 0 Å². The molecule has 0 heterocycles. The van der Waals surface area contributed by atoms with Gasteiger partial charge in [0.15, 0.2) is 0 Å². The van der Waals surface area contributed by atoms with E-state index in [0.29, 0.717) is 6.42 Å². The summed E-state index contributed by atoms with van der Waals surface area (Å²) in [5.74, 6) is -2.08. The number of hydrogen-bond donors (Lipinski definition) is 2. The fraction of sp³-hybridized carbons (Fsp3) is 0.947. The van der Waals surface area contributed by atoms with Gasteiger partial charge >= 0.3 is 29.0 Å². The largest absolute Gasteiger partial charge is 2.00 e. The van der Waals surface area contributed by atoms with Crippen LogP contribution in [0.25, 0.3) is 0 Å². The molecule has 9 heteroatoms. The number of carboxylic acids is 2. The summed E-state index contributed by atoms with van der Waals surface area (Å²) in [4.78, 5) is 31.8. The molecule has 0 spiro atoms. The van der Waals surface area contributed by atoms with E-state index in [1.165, 1.54) is 250 Å². The van der Waals surface area contributed by atoms with Gasteiger partial charge in [-0.15, -0.1) is 0 Å². The standard InChI is InChI=1S/C21H42O4.2C18H36O2.Mg/c1-2-3-4-5-6-7-8-9-10-11-12-13-14-15-16-17-21(24)25-19-20(23)18-22;2*1-2-3-4-5-6-7-8-9-10-11-12-13-14-15-16-17-18(19)20;/h20,22-23H,2-19H2,1H3;2*2-17H2,1H3,(H,19,20);/q;;;+2/p-2. The van der Waals surface area contributed by atoms with Crippen LogP contribution in [-0.2, 0) is 19.1 Å². The predicted molar refractivity (Wildman–Crippen MR) is 278 cm³/mol. The second-order valence-corrected chi connectivity index (χ2v) is 19.4. The normalized spacial score (nSPS) is 11.2. The van der Waals surface area contributed by atoms with Gasteiger partial charge in [-0.3, -0.25) is 4.79 Å². The van der Waals surface area contributed by atoms with E-state index in [2.05, 4.69) is 20.8 Å². The Balaban J connectivity index is -0.000000438. The van der Waals surface area contributed by atoms with Gasteiger partial charge in [0.25, 0.3) is 0 Å². The van der Waals surface area contributed by atoms with Crippen LogP contribution >= 0.6 is 0 Å². The maximum Gasteiger partial charge on any atom is 2.00 e. The molecule has 0 amide bonds. The van der Waals surface area contributed by atoms with Crippen LogP contribution in [0.3, 0.4) is 0 Å². The maximum atomic E-state index is 11.4. The Hall–Kier alpha value is -0.904. The van der Waals surface area contributed by atoms with E-state index >= 15 is 0 Å². The number of carbonyl (C=O) groups is 3. The molecule has 2 N–H and O–H groups in total. The first kappa shape index (κ1) is 71.6. The number of aliphatic hydroxyl groups excluding tert-OH is 2. The molecule has 0 aliphatic rings. The Morgan fingerprint density at radius 3 is 0.712 bits per heavy atom. The van der Waals surface area contributed by atoms with Gasteiger partial charge in [0, 0.05) is 18.4 Å². The molecule has 66 heavy (non-hydrogen) atoms. The third-order valence-corrected chi connectivity index (χ3v) is 12.6. The Morgan fingerprint density at radius 1 is 0.348 bits per heavy atom. The third kappa shape index (κ3) is 74.6. The first-order valence-electron chi connectivity index (χ1n) is 28.6. The van der Waals surface area contributed by atoms with E-state index < -0.39 is 18.0 Å². The van der Waals surface area contributed by atoms with Crippen molar-refractivity contribution in [1.82, 2.24) is 0 Å². The summed E-state index contributed by atoms with van der Waals surface area (Å²) in [6.45, 7) is 6.33. The molecule has 0 fully saturated rings. The maximum absolute atomic E-state index is 11.4. The van der Waals surface area contributed by atoms with Crippen molar-refractivity contribution < 1.29 is 39.5 Å². The van der Waals surface area contributed by atoms with Crippen LogP contribution in [0, 0.1) is 0 Å². The summed E-state index contributed by atoms with van der Waals surface area (Å²) < 4.78 is 4.86. The van der Waals surface area contributed by atoms with Crippen molar-refractivity contribution in [3.63, 3.8) is 0 Å². The van der Waals surface area contributed by atoms with Gasteiger partial charge in [-0.1, -0.05) is 290 Å². The zero-order valence-corrected chi connectivity index (χ0v) is 45.9. The molecule has 0 saturated heterocycles. The van der Waals surface area contributed by atoms with Crippen LogP contribution in [0.4, 0.5) is 0 Å². The van der Waals surface area contributed by atoms with Gasteiger partial charge in [-0.05, 0) is 32.1 Å². The van der Waals surface area contributed by atoms with Crippen molar-refractivity contribution in [2.45, 2.75) is 335 Å². The first-order chi connectivity index (χ1) is 31.7. The van der Waals surface area contributed by atoms with Crippen LogP contribution in [0.2, 0.25) is 0 Å². The van der Waals surface area contributed by atoms with E-state index in [1.807, 2.05) is 0 Å². The van der Waals surface area contributed by atoms with Gasteiger partial charge < -0.3 is 34.8 Å². The zero-order valence-electron chi connectivity index (χ0n) is 44.5. The van der Waals surface area contributed by atoms with E-state index in [-0.39, 0.29) is 55.1 Å². The molecule has 1 unspecified atom stereocenters. The van der Waals surface area contributed by atoms with Gasteiger partial charge in [0.05, 0.1) is 6.61 Å². The molecule has 0 saturated carbocycles. The average molecular weight is 950 g/mol. The van der Waals surface area contributed by atoms with E-state index in [1.54, 1.807) is 0 Å². The summed E-state index contributed by atoms with van der Waals surface area (Å²) >= 11 is 0. The van der Waals surface area contributed by atoms with Crippen molar-refractivity contribution >= 4 is 41.0 Å². The zero-order chi connectivity index (χ0) is 48.4. The third-order valence-electron chi connectivity index (χ3n) is 12.6. The number of carboxylic acid groups (broad SMARTS) is 2. The number of rotatable bonds is 51. The van der Waals surface area contributed by atoms with Gasteiger partial charge in [0.2, 0.25) is 0 Å². The van der Waals surface area contributed by atoms with E-state index in [9.17, 15) is 24.6 Å². The molecule has 0 rings (SSSR count). The minimum Gasteiger partial charge on any atom is -0.550 e. The quantitative estimate of drug-likeness (QED) is 0.0348. The van der Waals surface area contributed by atoms with Crippen LogP contribution in [0.1, 0.15) is 329 Å². The van der Waals surface area contributed by atoms with Crippen molar-refractivity contribution in [1.29, 1.82) is 0 Å². The minimum absolute atomic E-state index is 0. The molecule has 390 valence electrons. The second-order valence-electron chi connectivity index (χ2n) is 19.4. The summed E-state index contributed by atoms with van der Waals surface area (Å²) in [6.07, 6.45) is 58.7. The Kier molecular flexibility index (Phi) is 71.8. The summed E-state index contributed by atoms with van der Waals surface area (Å²) in [5, 5.41) is 38.2. The number of aliphatic carboxylic acids is 2. The molecule has 0 radical (unpaired) electrons. The summed E-state index contributed by atoms with van der Waals surface area (Å²) in [6, 6.07) is 0. The van der Waals surface area contributed by atoms with E-state index in [4.69, 9.17) is 14.9 Å². The molecule has 0 aromatic heterocycles. The van der Waals surface area contributed by atoms with Gasteiger partial charge in [-0.25, -0.2) is 0 Å². The molecule has 0 aromatic rings. The molecule has 1 atom stereocenters. The van der Waals surface area contributed by atoms with Crippen LogP contribution in [-0.4, -0.2) is 70.5 Å². The summed E-state index contributed by atoms with van der Waals surface area (Å²) in [7, 11) is 0. The summed E-state index contributed by atoms with van der Waals surface area (Å²) in [5.41, 5.74) is 0. The molecular weight excluding hydrogens is 837 g/mol. The Morgan fingerprint density at radius 2 is 0.530 bits per heavy atom. The number of hydrogen-bond acceptors (Lipinski definition) is 8. The van der Waals surface area contributed by atoms with Crippen molar-refractivity contribution in [3.8, 4) is 0 Å². The first-order valence-corrected chi connectivity index (χ1v) is 28.6. The number of carbonyl (C=O) groups excluding carboxylic acids is 3. The number of ether oxygens (including phenoxy) is 1. The molecule has 0 aromatic carbocycles. The second kappa shape index (κ2) is 66.2. The molecule has 8 nitrogen and oxygen atoms in total. The fourth-order valence-corrected chi connectivity index (χ4v) is 8.24. The topological polar surface area (TPSA) is 147 Å². The van der Waals surface area contributed by atoms with Crippen molar-refractivity contribution in [2.75, 3.05) is 13.2 Å². The SMILES string of the molecule is CCCCCCCCCCCCCCCCCC(=O)OCC(O)CO.CCCCCCCCCCCCCCCCCC(=O)[O-].CCCCCCCCCCCCCCCCCC(=O)[O-].[Mg+2]. The Bertz CT molecular complexity index is 875.